The second-order valence-corrected chi connectivity index (χ2v) is 9.81. The highest BCUT2D eigenvalue weighted by atomic mass is 16.5. The van der Waals surface area contributed by atoms with Gasteiger partial charge in [-0.2, -0.15) is 0 Å². The van der Waals surface area contributed by atoms with Crippen molar-refractivity contribution in [2.75, 3.05) is 18.4 Å². The van der Waals surface area contributed by atoms with E-state index < -0.39 is 5.97 Å². The van der Waals surface area contributed by atoms with Crippen molar-refractivity contribution >= 4 is 23.2 Å². The Morgan fingerprint density at radius 3 is 2.50 bits per heavy atom. The van der Waals surface area contributed by atoms with Gasteiger partial charge in [-0.3, -0.25) is 4.79 Å². The minimum Gasteiger partial charge on any atom is -0.478 e. The number of allylic oxidation sites excluding steroid dienone is 3. The van der Waals surface area contributed by atoms with Crippen molar-refractivity contribution in [3.05, 3.63) is 81.6 Å². The molecule has 0 spiro atoms. The van der Waals surface area contributed by atoms with E-state index in [2.05, 4.69) is 36.3 Å². The minimum absolute atomic E-state index is 0.0681. The van der Waals surface area contributed by atoms with Crippen LogP contribution in [0.25, 0.3) is 0 Å². The molecule has 6 nitrogen and oxygen atoms in total. The van der Waals surface area contributed by atoms with Crippen molar-refractivity contribution in [2.45, 2.75) is 47.5 Å². The minimum atomic E-state index is -1.04. The standard InChI is InChI=1S/C30H34N2O4/c1-7-31-24-14-26-22(11-17(24)5)28(23-12-18(6)25(32-8-2)15-27(23)36-26)20-10-9-19(29(33)16(3)4)13-21(20)30(34)35/h9-16,22,28,32H,7-8H2,1-6H3,(H,34,35)/p+1. The van der Waals surface area contributed by atoms with Crippen molar-refractivity contribution in [3.63, 3.8) is 0 Å². The first-order valence-corrected chi connectivity index (χ1v) is 12.6. The number of anilines is 1. The number of benzene rings is 2. The van der Waals surface area contributed by atoms with E-state index >= 15 is 0 Å². The van der Waals surface area contributed by atoms with Crippen molar-refractivity contribution in [2.24, 2.45) is 11.8 Å². The second kappa shape index (κ2) is 10.1. The normalized spacial score (nSPS) is 19.7. The molecule has 6 heteroatoms. The molecular weight excluding hydrogens is 452 g/mol. The van der Waals surface area contributed by atoms with E-state index in [-0.39, 0.29) is 29.1 Å². The summed E-state index contributed by atoms with van der Waals surface area (Å²) in [6, 6.07) is 9.22. The van der Waals surface area contributed by atoms with Gasteiger partial charge in [0.25, 0.3) is 0 Å². The maximum absolute atomic E-state index is 12.7. The summed E-state index contributed by atoms with van der Waals surface area (Å²) in [4.78, 5) is 28.6. The zero-order valence-corrected chi connectivity index (χ0v) is 21.9. The monoisotopic (exact) mass is 487 g/mol. The van der Waals surface area contributed by atoms with Gasteiger partial charge in [0, 0.05) is 58.8 Å². The number of carbonyl (C=O) groups is 2. The zero-order valence-electron chi connectivity index (χ0n) is 21.9. The van der Waals surface area contributed by atoms with Gasteiger partial charge >= 0.3 is 5.97 Å². The lowest BCUT2D eigenvalue weighted by Gasteiger charge is -2.37. The molecule has 2 aliphatic rings. The summed E-state index contributed by atoms with van der Waals surface area (Å²) in [7, 11) is 0. The molecule has 0 bridgehead atoms. The van der Waals surface area contributed by atoms with Gasteiger partial charge in [-0.25, -0.2) is 9.79 Å². The Bertz CT molecular complexity index is 1320. The number of rotatable bonds is 7. The molecular formula is C30H35N2O4+. The molecule has 2 aromatic rings. The Morgan fingerprint density at radius 2 is 1.86 bits per heavy atom. The van der Waals surface area contributed by atoms with Crippen LogP contribution < -0.4 is 15.0 Å². The lowest BCUT2D eigenvalue weighted by molar-refractivity contribution is -0.451. The first-order valence-electron chi connectivity index (χ1n) is 12.6. The van der Waals surface area contributed by atoms with E-state index in [0.717, 1.165) is 46.9 Å². The van der Waals surface area contributed by atoms with Crippen LogP contribution in [0.4, 0.5) is 5.69 Å². The molecule has 2 unspecified atom stereocenters. The van der Waals surface area contributed by atoms with E-state index in [9.17, 15) is 14.7 Å². The van der Waals surface area contributed by atoms with Crippen LogP contribution in [0.15, 0.2) is 53.8 Å². The molecule has 0 amide bonds. The molecule has 2 atom stereocenters. The Kier molecular flexibility index (Phi) is 7.16. The molecule has 188 valence electrons. The molecule has 2 aromatic carbocycles. The summed E-state index contributed by atoms with van der Waals surface area (Å²) < 4.78 is 6.46. The van der Waals surface area contributed by atoms with Crippen molar-refractivity contribution in [1.82, 2.24) is 0 Å². The van der Waals surface area contributed by atoms with Gasteiger partial charge in [-0.05, 0) is 51.0 Å². The first-order chi connectivity index (χ1) is 17.2. The van der Waals surface area contributed by atoms with Crippen LogP contribution in [0, 0.1) is 18.8 Å². The number of nitrogens with one attached hydrogen (secondary N) is 2. The lowest BCUT2D eigenvalue weighted by atomic mass is 9.73. The predicted octanol–water partition coefficient (Wildman–Crippen LogP) is 4.49. The van der Waals surface area contributed by atoms with E-state index in [0.29, 0.717) is 16.9 Å². The summed E-state index contributed by atoms with van der Waals surface area (Å²) in [6.45, 7) is 13.4. The summed E-state index contributed by atoms with van der Waals surface area (Å²) in [5, 5.41) is 13.6. The summed E-state index contributed by atoms with van der Waals surface area (Å²) in [6.07, 6.45) is 4.19. The van der Waals surface area contributed by atoms with Gasteiger partial charge in [0.05, 0.1) is 5.56 Å². The van der Waals surface area contributed by atoms with E-state index in [1.165, 1.54) is 6.07 Å². The third-order valence-electron chi connectivity index (χ3n) is 6.91. The number of fused-ring (bicyclic) bond motifs is 2. The molecule has 1 aliphatic carbocycles. The van der Waals surface area contributed by atoms with Crippen molar-refractivity contribution < 1.29 is 24.4 Å². The SMILES string of the molecule is CCNc1cc2c(cc1C)C(c1ccc(C(=O)C(C)C)cc1C(=O)O)C1C=C(C)C(=[NH+]CC)C=C1O2. The molecule has 0 saturated heterocycles. The lowest BCUT2D eigenvalue weighted by Crippen LogP contribution is -2.72. The molecule has 3 N–H and O–H groups in total. The molecule has 0 saturated carbocycles. The molecule has 36 heavy (non-hydrogen) atoms. The van der Waals surface area contributed by atoms with Gasteiger partial charge in [0.1, 0.15) is 18.1 Å². The largest absolute Gasteiger partial charge is 0.478 e. The van der Waals surface area contributed by atoms with Crippen LogP contribution in [-0.4, -0.2) is 35.7 Å². The Hall–Kier alpha value is -3.67. The number of ketones is 1. The van der Waals surface area contributed by atoms with Gasteiger partial charge < -0.3 is 15.2 Å². The van der Waals surface area contributed by atoms with Crippen LogP contribution in [-0.2, 0) is 0 Å². The van der Waals surface area contributed by atoms with Crippen LogP contribution in [0.3, 0.4) is 0 Å². The second-order valence-electron chi connectivity index (χ2n) is 9.81. The number of ether oxygens (including phenoxy) is 1. The van der Waals surface area contributed by atoms with Gasteiger partial charge in [-0.1, -0.05) is 32.1 Å². The van der Waals surface area contributed by atoms with Gasteiger partial charge in [0.15, 0.2) is 5.78 Å². The number of hydrogen-bond donors (Lipinski definition) is 3. The molecule has 1 heterocycles. The molecule has 0 fully saturated rings. The average Bonchev–Trinajstić information content (AvgIpc) is 2.83. The highest BCUT2D eigenvalue weighted by Crippen LogP contribution is 2.50. The number of hydrogen-bond acceptors (Lipinski definition) is 4. The zero-order chi connectivity index (χ0) is 26.1. The smallest absolute Gasteiger partial charge is 0.336 e. The number of aromatic carboxylic acids is 1. The highest BCUT2D eigenvalue weighted by molar-refractivity contribution is 6.05. The van der Waals surface area contributed by atoms with Crippen LogP contribution in [0.2, 0.25) is 0 Å². The first kappa shape index (κ1) is 25.4. The molecule has 0 aromatic heterocycles. The molecule has 0 radical (unpaired) electrons. The van der Waals surface area contributed by atoms with Crippen LogP contribution in [0.1, 0.15) is 77.9 Å². The Morgan fingerprint density at radius 1 is 1.11 bits per heavy atom. The number of carboxylic acid groups (broad SMARTS) is 1. The fourth-order valence-corrected chi connectivity index (χ4v) is 5.14. The third-order valence-corrected chi connectivity index (χ3v) is 6.91. The maximum atomic E-state index is 12.7. The molecule has 4 rings (SSSR count). The summed E-state index contributed by atoms with van der Waals surface area (Å²) in [5.74, 6) is -0.283. The maximum Gasteiger partial charge on any atom is 0.336 e. The number of carbonyl (C=O) groups excluding carboxylic acids is 1. The number of aryl methyl sites for hydroxylation is 1. The quantitative estimate of drug-likeness (QED) is 0.501. The van der Waals surface area contributed by atoms with Crippen LogP contribution >= 0.6 is 0 Å². The summed E-state index contributed by atoms with van der Waals surface area (Å²) >= 11 is 0. The number of carboxylic acids is 1. The fraction of sp³-hybridized carbons (Fsp3) is 0.367. The highest BCUT2D eigenvalue weighted by Gasteiger charge is 2.40. The third kappa shape index (κ3) is 4.60. The Labute approximate surface area is 212 Å². The van der Waals surface area contributed by atoms with E-state index in [1.807, 2.05) is 45.9 Å². The Balaban J connectivity index is 1.96. The summed E-state index contributed by atoms with van der Waals surface area (Å²) in [5.41, 5.74) is 6.34. The van der Waals surface area contributed by atoms with Crippen molar-refractivity contribution in [3.8, 4) is 5.75 Å². The fourth-order valence-electron chi connectivity index (χ4n) is 5.14. The van der Waals surface area contributed by atoms with Gasteiger partial charge in [-0.15, -0.1) is 0 Å². The molecule has 1 aliphatic heterocycles. The van der Waals surface area contributed by atoms with Gasteiger partial charge in [0.2, 0.25) is 5.71 Å². The topological polar surface area (TPSA) is 89.6 Å². The average molecular weight is 488 g/mol. The number of Topliss-reactive ketones (excluding diaryl/α,β-unsaturated/α-hetero) is 1. The van der Waals surface area contributed by atoms with Crippen LogP contribution in [0.5, 0.6) is 5.75 Å². The predicted molar refractivity (Wildman–Crippen MR) is 142 cm³/mol. The van der Waals surface area contributed by atoms with Crippen molar-refractivity contribution in [1.29, 1.82) is 0 Å². The van der Waals surface area contributed by atoms with E-state index in [4.69, 9.17) is 4.74 Å². The van der Waals surface area contributed by atoms with E-state index in [1.54, 1.807) is 6.07 Å².